The fraction of sp³-hybridized carbons (Fsp3) is 0.480. The van der Waals surface area contributed by atoms with Crippen molar-refractivity contribution in [1.29, 1.82) is 0 Å². The highest BCUT2D eigenvalue weighted by Gasteiger charge is 2.51. The first-order valence-corrected chi connectivity index (χ1v) is 11.7. The van der Waals surface area contributed by atoms with Crippen LogP contribution < -0.4 is 9.80 Å². The quantitative estimate of drug-likeness (QED) is 0.617. The minimum atomic E-state index is 0.265. The van der Waals surface area contributed by atoms with Crippen LogP contribution in [0.4, 0.5) is 11.4 Å². The van der Waals surface area contributed by atoms with Crippen molar-refractivity contribution in [3.8, 4) is 11.3 Å². The lowest BCUT2D eigenvalue weighted by Gasteiger charge is -2.61. The van der Waals surface area contributed by atoms with Crippen molar-refractivity contribution < 1.29 is 4.74 Å². The van der Waals surface area contributed by atoms with Crippen LogP contribution in [0.2, 0.25) is 0 Å². The second kappa shape index (κ2) is 7.89. The van der Waals surface area contributed by atoms with Crippen molar-refractivity contribution in [2.45, 2.75) is 38.8 Å². The van der Waals surface area contributed by atoms with Gasteiger partial charge in [-0.1, -0.05) is 11.3 Å². The number of aryl methyl sites for hydroxylation is 1. The molecule has 166 valence electrons. The Morgan fingerprint density at radius 2 is 1.91 bits per heavy atom. The van der Waals surface area contributed by atoms with Crippen LogP contribution in [-0.2, 0) is 11.3 Å². The van der Waals surface area contributed by atoms with Gasteiger partial charge in [-0.3, -0.25) is 4.98 Å². The van der Waals surface area contributed by atoms with E-state index in [-0.39, 0.29) is 6.10 Å². The Balaban J connectivity index is 1.08. The van der Waals surface area contributed by atoms with E-state index in [1.54, 1.807) is 0 Å². The van der Waals surface area contributed by atoms with E-state index in [9.17, 15) is 0 Å². The minimum Gasteiger partial charge on any atom is -0.376 e. The standard InChI is InChI=1S/C25H30N6O/c1-19-11-20(29-15-25(16-29)17-30(18-25)21-5-4-9-26-12-21)7-8-23(19)24-14-31(28-27-24)13-22-6-2-3-10-32-22/h4-5,7-9,11-12,14,22H,2-3,6,10,13,15-18H2,1H3. The normalized spacial score (nSPS) is 22.0. The summed E-state index contributed by atoms with van der Waals surface area (Å²) in [6.45, 7) is 8.33. The highest BCUT2D eigenvalue weighted by atomic mass is 16.5. The Hall–Kier alpha value is -2.93. The molecule has 0 saturated carbocycles. The average Bonchev–Trinajstić information content (AvgIpc) is 3.21. The predicted octanol–water partition coefficient (Wildman–Crippen LogP) is 3.54. The number of hydrogen-bond acceptors (Lipinski definition) is 6. The Kier molecular flexibility index (Phi) is 4.86. The molecule has 1 unspecified atom stereocenters. The Bertz CT molecular complexity index is 1080. The molecule has 7 nitrogen and oxygen atoms in total. The molecule has 6 rings (SSSR count). The predicted molar refractivity (Wildman–Crippen MR) is 125 cm³/mol. The Morgan fingerprint density at radius 3 is 2.62 bits per heavy atom. The van der Waals surface area contributed by atoms with E-state index in [0.29, 0.717) is 5.41 Å². The summed E-state index contributed by atoms with van der Waals surface area (Å²) in [5.41, 5.74) is 6.32. The molecule has 0 aliphatic carbocycles. The van der Waals surface area contributed by atoms with Crippen molar-refractivity contribution >= 4 is 11.4 Å². The van der Waals surface area contributed by atoms with E-state index < -0.39 is 0 Å². The fourth-order valence-corrected chi connectivity index (χ4v) is 5.44. The maximum Gasteiger partial charge on any atom is 0.113 e. The van der Waals surface area contributed by atoms with Gasteiger partial charge in [0.2, 0.25) is 0 Å². The number of anilines is 2. The summed E-state index contributed by atoms with van der Waals surface area (Å²) in [5, 5.41) is 8.79. The zero-order valence-electron chi connectivity index (χ0n) is 18.7. The van der Waals surface area contributed by atoms with Gasteiger partial charge in [0, 0.05) is 55.6 Å². The molecule has 5 heterocycles. The number of hydrogen-bond donors (Lipinski definition) is 0. The zero-order valence-corrected chi connectivity index (χ0v) is 18.7. The first kappa shape index (κ1) is 19.7. The topological polar surface area (TPSA) is 59.3 Å². The second-order valence-corrected chi connectivity index (χ2v) is 9.74. The number of ether oxygens (including phenoxy) is 1. The summed E-state index contributed by atoms with van der Waals surface area (Å²) in [6, 6.07) is 10.9. The monoisotopic (exact) mass is 430 g/mol. The van der Waals surface area contributed by atoms with Gasteiger partial charge < -0.3 is 14.5 Å². The van der Waals surface area contributed by atoms with Crippen LogP contribution in [0.15, 0.2) is 48.9 Å². The molecular formula is C25H30N6O. The van der Waals surface area contributed by atoms with Gasteiger partial charge in [-0.2, -0.15) is 0 Å². The summed E-state index contributed by atoms with van der Waals surface area (Å²) in [6.07, 6.45) is 9.64. The van der Waals surface area contributed by atoms with Crippen LogP contribution in [0.5, 0.6) is 0 Å². The van der Waals surface area contributed by atoms with Crippen LogP contribution in [0.25, 0.3) is 11.3 Å². The molecule has 1 spiro atoms. The summed E-state index contributed by atoms with van der Waals surface area (Å²) < 4.78 is 7.78. The maximum absolute atomic E-state index is 5.84. The van der Waals surface area contributed by atoms with Gasteiger partial charge in [0.05, 0.1) is 30.7 Å². The number of nitrogens with zero attached hydrogens (tertiary/aromatic N) is 6. The molecule has 0 amide bonds. The van der Waals surface area contributed by atoms with E-state index in [0.717, 1.165) is 57.0 Å². The molecule has 3 saturated heterocycles. The van der Waals surface area contributed by atoms with Crippen molar-refractivity contribution in [2.24, 2.45) is 5.41 Å². The van der Waals surface area contributed by atoms with Gasteiger partial charge in [0.1, 0.15) is 5.69 Å². The zero-order chi connectivity index (χ0) is 21.5. The summed E-state index contributed by atoms with van der Waals surface area (Å²) >= 11 is 0. The number of pyridine rings is 1. The number of rotatable bonds is 5. The molecule has 0 radical (unpaired) electrons. The summed E-state index contributed by atoms with van der Waals surface area (Å²) in [4.78, 5) is 9.17. The van der Waals surface area contributed by atoms with E-state index in [2.05, 4.69) is 62.5 Å². The van der Waals surface area contributed by atoms with Gasteiger partial charge in [-0.05, 0) is 56.0 Å². The molecular weight excluding hydrogens is 400 g/mol. The van der Waals surface area contributed by atoms with Gasteiger partial charge in [0.25, 0.3) is 0 Å². The molecule has 1 aromatic carbocycles. The molecule has 0 N–H and O–H groups in total. The third kappa shape index (κ3) is 3.64. The lowest BCUT2D eigenvalue weighted by Crippen LogP contribution is -2.72. The molecule has 0 bridgehead atoms. The van der Waals surface area contributed by atoms with Crippen LogP contribution in [0.1, 0.15) is 24.8 Å². The summed E-state index contributed by atoms with van der Waals surface area (Å²) in [5.74, 6) is 0. The first-order valence-electron chi connectivity index (χ1n) is 11.7. The smallest absolute Gasteiger partial charge is 0.113 e. The highest BCUT2D eigenvalue weighted by molar-refractivity contribution is 5.68. The molecule has 2 aromatic heterocycles. The van der Waals surface area contributed by atoms with Gasteiger partial charge >= 0.3 is 0 Å². The second-order valence-electron chi connectivity index (χ2n) is 9.74. The van der Waals surface area contributed by atoms with E-state index >= 15 is 0 Å². The van der Waals surface area contributed by atoms with Crippen LogP contribution in [0, 0.1) is 12.3 Å². The van der Waals surface area contributed by atoms with Crippen LogP contribution in [0.3, 0.4) is 0 Å². The molecule has 3 fully saturated rings. The Labute approximate surface area is 189 Å². The Morgan fingerprint density at radius 1 is 1.06 bits per heavy atom. The van der Waals surface area contributed by atoms with E-state index in [1.165, 1.54) is 29.8 Å². The SMILES string of the molecule is Cc1cc(N2CC3(CN(c4cccnc4)C3)C2)ccc1-c1cn(CC2CCCCO2)nn1. The van der Waals surface area contributed by atoms with Crippen molar-refractivity contribution in [1.82, 2.24) is 20.0 Å². The lowest BCUT2D eigenvalue weighted by molar-refractivity contribution is 0.00370. The average molecular weight is 431 g/mol. The van der Waals surface area contributed by atoms with Crippen LogP contribution >= 0.6 is 0 Å². The van der Waals surface area contributed by atoms with Gasteiger partial charge in [-0.15, -0.1) is 5.10 Å². The molecule has 3 aromatic rings. The minimum absolute atomic E-state index is 0.265. The van der Waals surface area contributed by atoms with Gasteiger partial charge in [0.15, 0.2) is 0 Å². The van der Waals surface area contributed by atoms with Crippen molar-refractivity contribution in [3.05, 3.63) is 54.5 Å². The highest BCUT2D eigenvalue weighted by Crippen LogP contribution is 2.44. The third-order valence-electron chi connectivity index (χ3n) is 7.17. The van der Waals surface area contributed by atoms with Crippen molar-refractivity contribution in [3.63, 3.8) is 0 Å². The fourth-order valence-electron chi connectivity index (χ4n) is 5.44. The van der Waals surface area contributed by atoms with E-state index in [4.69, 9.17) is 4.74 Å². The maximum atomic E-state index is 5.84. The molecule has 32 heavy (non-hydrogen) atoms. The third-order valence-corrected chi connectivity index (χ3v) is 7.17. The summed E-state index contributed by atoms with van der Waals surface area (Å²) in [7, 11) is 0. The lowest BCUT2D eigenvalue weighted by atomic mass is 9.72. The molecule has 3 aliphatic rings. The van der Waals surface area contributed by atoms with Gasteiger partial charge in [-0.25, -0.2) is 4.68 Å². The molecule has 3 aliphatic heterocycles. The molecule has 1 atom stereocenters. The van der Waals surface area contributed by atoms with E-state index in [1.807, 2.05) is 23.1 Å². The largest absolute Gasteiger partial charge is 0.376 e. The number of benzene rings is 1. The first-order chi connectivity index (χ1) is 15.7. The number of aromatic nitrogens is 4. The van der Waals surface area contributed by atoms with Crippen molar-refractivity contribution in [2.75, 3.05) is 42.6 Å². The molecule has 7 heteroatoms. The van der Waals surface area contributed by atoms with Crippen LogP contribution in [-0.4, -0.2) is 58.9 Å².